The summed E-state index contributed by atoms with van der Waals surface area (Å²) < 4.78 is 1.99. The van der Waals surface area contributed by atoms with Crippen molar-refractivity contribution in [3.8, 4) is 0 Å². The van der Waals surface area contributed by atoms with E-state index in [-0.39, 0.29) is 0 Å². The van der Waals surface area contributed by atoms with Gasteiger partial charge in [0.1, 0.15) is 12.2 Å². The Labute approximate surface area is 119 Å². The van der Waals surface area contributed by atoms with E-state index in [0.717, 1.165) is 37.6 Å². The summed E-state index contributed by atoms with van der Waals surface area (Å²) in [5.74, 6) is 1.03. The third-order valence-corrected chi connectivity index (χ3v) is 3.82. The zero-order valence-corrected chi connectivity index (χ0v) is 12.1. The van der Waals surface area contributed by atoms with Gasteiger partial charge in [-0.05, 0) is 43.5 Å². The van der Waals surface area contributed by atoms with E-state index in [2.05, 4.69) is 41.0 Å². The van der Waals surface area contributed by atoms with Crippen LogP contribution < -0.4 is 5.73 Å². The van der Waals surface area contributed by atoms with E-state index in [1.54, 1.807) is 6.33 Å². The van der Waals surface area contributed by atoms with Crippen molar-refractivity contribution in [3.05, 3.63) is 41.5 Å². The zero-order chi connectivity index (χ0) is 14.1. The number of nitrogens with two attached hydrogens (primary N) is 1. The number of nitrogen functional groups attached to an aromatic ring is 1. The third-order valence-electron chi connectivity index (χ3n) is 3.82. The highest BCUT2D eigenvalue weighted by molar-refractivity contribution is 5.45. The first kappa shape index (κ1) is 13.1. The molecule has 0 bridgehead atoms. The molecule has 3 rings (SSSR count). The Bertz CT molecular complexity index is 602. The van der Waals surface area contributed by atoms with Crippen molar-refractivity contribution < 1.29 is 0 Å². The number of benzene rings is 1. The minimum absolute atomic E-state index is 0.347. The van der Waals surface area contributed by atoms with E-state index in [4.69, 9.17) is 5.73 Å². The lowest BCUT2D eigenvalue weighted by molar-refractivity contribution is 0.233. The minimum Gasteiger partial charge on any atom is -0.399 e. The van der Waals surface area contributed by atoms with Crippen LogP contribution in [0.5, 0.6) is 0 Å². The number of nitrogens with zero attached hydrogens (tertiary/aromatic N) is 4. The molecule has 0 saturated heterocycles. The van der Waals surface area contributed by atoms with Crippen LogP contribution in [0.15, 0.2) is 24.5 Å². The minimum atomic E-state index is 0.347. The van der Waals surface area contributed by atoms with Gasteiger partial charge >= 0.3 is 0 Å². The van der Waals surface area contributed by atoms with E-state index in [9.17, 15) is 0 Å². The van der Waals surface area contributed by atoms with Gasteiger partial charge in [0.2, 0.25) is 0 Å². The highest BCUT2D eigenvalue weighted by atomic mass is 15.4. The highest BCUT2D eigenvalue weighted by Crippen LogP contribution is 2.22. The van der Waals surface area contributed by atoms with E-state index >= 15 is 0 Å². The molecule has 0 saturated carbocycles. The van der Waals surface area contributed by atoms with Crippen molar-refractivity contribution >= 4 is 5.69 Å². The lowest BCUT2D eigenvalue weighted by atomic mass is 9.99. The van der Waals surface area contributed by atoms with Crippen LogP contribution in [0.3, 0.4) is 0 Å². The average Bonchev–Trinajstić information content (AvgIpc) is 2.86. The molecule has 1 aliphatic rings. The second-order valence-electron chi connectivity index (χ2n) is 5.70. The van der Waals surface area contributed by atoms with Crippen LogP contribution in [0.1, 0.15) is 36.8 Å². The summed E-state index contributed by atoms with van der Waals surface area (Å²) in [5, 5.41) is 4.30. The van der Waals surface area contributed by atoms with Crippen LogP contribution in [-0.2, 0) is 19.5 Å². The molecule has 0 atom stereocenters. The largest absolute Gasteiger partial charge is 0.399 e. The monoisotopic (exact) mass is 271 g/mol. The summed E-state index contributed by atoms with van der Waals surface area (Å²) in [6.45, 7) is 7.09. The first-order valence-corrected chi connectivity index (χ1v) is 7.11. The fourth-order valence-corrected chi connectivity index (χ4v) is 2.79. The standard InChI is InChI=1S/C15H21N5/c1-11(2)20-15(17-10-18-20)9-19-6-5-12-3-4-14(16)7-13(12)8-19/h3-4,7,10-11H,5-6,8-9,16H2,1-2H3. The fourth-order valence-electron chi connectivity index (χ4n) is 2.79. The molecule has 1 aromatic carbocycles. The number of hydrogen-bond donors (Lipinski definition) is 1. The summed E-state index contributed by atoms with van der Waals surface area (Å²) in [4.78, 5) is 6.80. The molecule has 2 N–H and O–H groups in total. The van der Waals surface area contributed by atoms with Crippen molar-refractivity contribution in [2.75, 3.05) is 12.3 Å². The number of rotatable bonds is 3. The van der Waals surface area contributed by atoms with E-state index in [0.29, 0.717) is 6.04 Å². The van der Waals surface area contributed by atoms with Crippen LogP contribution in [0.2, 0.25) is 0 Å². The highest BCUT2D eigenvalue weighted by Gasteiger charge is 2.19. The van der Waals surface area contributed by atoms with Gasteiger partial charge in [0.25, 0.3) is 0 Å². The fraction of sp³-hybridized carbons (Fsp3) is 0.467. The molecule has 106 valence electrons. The van der Waals surface area contributed by atoms with E-state index < -0.39 is 0 Å². The van der Waals surface area contributed by atoms with Crippen LogP contribution in [-0.4, -0.2) is 26.2 Å². The van der Waals surface area contributed by atoms with Crippen LogP contribution in [0.4, 0.5) is 5.69 Å². The van der Waals surface area contributed by atoms with Crippen LogP contribution >= 0.6 is 0 Å². The Morgan fingerprint density at radius 1 is 1.30 bits per heavy atom. The smallest absolute Gasteiger partial charge is 0.141 e. The van der Waals surface area contributed by atoms with Gasteiger partial charge in [-0.2, -0.15) is 5.10 Å². The maximum absolute atomic E-state index is 5.88. The second kappa shape index (κ2) is 5.25. The SMILES string of the molecule is CC(C)n1ncnc1CN1CCc2ccc(N)cc2C1. The number of fused-ring (bicyclic) bond motifs is 1. The molecule has 5 heteroatoms. The van der Waals surface area contributed by atoms with Crippen molar-refractivity contribution in [2.45, 2.75) is 39.4 Å². The van der Waals surface area contributed by atoms with Crippen LogP contribution in [0, 0.1) is 0 Å². The van der Waals surface area contributed by atoms with Gasteiger partial charge in [-0.3, -0.25) is 4.90 Å². The van der Waals surface area contributed by atoms with Crippen molar-refractivity contribution in [3.63, 3.8) is 0 Å². The van der Waals surface area contributed by atoms with Gasteiger partial charge in [-0.1, -0.05) is 6.07 Å². The molecular weight excluding hydrogens is 250 g/mol. The second-order valence-corrected chi connectivity index (χ2v) is 5.70. The quantitative estimate of drug-likeness (QED) is 0.867. The number of aromatic nitrogens is 3. The Morgan fingerprint density at radius 3 is 2.95 bits per heavy atom. The lowest BCUT2D eigenvalue weighted by Gasteiger charge is -2.28. The topological polar surface area (TPSA) is 60.0 Å². The van der Waals surface area contributed by atoms with Crippen molar-refractivity contribution in [1.82, 2.24) is 19.7 Å². The normalized spacial score (nSPS) is 15.6. The molecule has 2 aromatic rings. The zero-order valence-electron chi connectivity index (χ0n) is 12.1. The maximum Gasteiger partial charge on any atom is 0.141 e. The molecule has 0 amide bonds. The molecule has 0 radical (unpaired) electrons. The summed E-state index contributed by atoms with van der Waals surface area (Å²) in [6.07, 6.45) is 2.72. The van der Waals surface area contributed by atoms with Gasteiger partial charge in [0.05, 0.1) is 6.54 Å². The maximum atomic E-state index is 5.88. The van der Waals surface area contributed by atoms with Gasteiger partial charge in [0.15, 0.2) is 0 Å². The van der Waals surface area contributed by atoms with E-state index in [1.165, 1.54) is 11.1 Å². The molecule has 5 nitrogen and oxygen atoms in total. The first-order valence-electron chi connectivity index (χ1n) is 7.11. The molecule has 1 aromatic heterocycles. The number of hydrogen-bond acceptors (Lipinski definition) is 4. The van der Waals surface area contributed by atoms with Crippen molar-refractivity contribution in [1.29, 1.82) is 0 Å². The molecular formula is C15H21N5. The summed E-state index contributed by atoms with van der Waals surface area (Å²) in [5.41, 5.74) is 9.48. The Kier molecular flexibility index (Phi) is 3.44. The van der Waals surface area contributed by atoms with Gasteiger partial charge < -0.3 is 5.73 Å². The number of anilines is 1. The Hall–Kier alpha value is -1.88. The van der Waals surface area contributed by atoms with Gasteiger partial charge in [-0.25, -0.2) is 9.67 Å². The molecule has 0 spiro atoms. The first-order chi connectivity index (χ1) is 9.63. The predicted octanol–water partition coefficient (Wildman–Crippen LogP) is 2.00. The summed E-state index contributed by atoms with van der Waals surface area (Å²) in [6, 6.07) is 6.58. The van der Waals surface area contributed by atoms with Gasteiger partial charge in [0, 0.05) is 24.8 Å². The molecule has 2 heterocycles. The summed E-state index contributed by atoms with van der Waals surface area (Å²) >= 11 is 0. The Balaban J connectivity index is 1.75. The molecule has 0 aliphatic carbocycles. The van der Waals surface area contributed by atoms with Gasteiger partial charge in [-0.15, -0.1) is 0 Å². The predicted molar refractivity (Wildman–Crippen MR) is 79.1 cm³/mol. The van der Waals surface area contributed by atoms with E-state index in [1.807, 2.05) is 10.7 Å². The third kappa shape index (κ3) is 2.54. The van der Waals surface area contributed by atoms with Crippen LogP contribution in [0.25, 0.3) is 0 Å². The Morgan fingerprint density at radius 2 is 2.15 bits per heavy atom. The lowest BCUT2D eigenvalue weighted by Crippen LogP contribution is -2.31. The molecule has 1 aliphatic heterocycles. The average molecular weight is 271 g/mol. The molecule has 0 unspecified atom stereocenters. The molecule has 0 fully saturated rings. The molecule has 20 heavy (non-hydrogen) atoms. The summed E-state index contributed by atoms with van der Waals surface area (Å²) in [7, 11) is 0. The van der Waals surface area contributed by atoms with Crippen molar-refractivity contribution in [2.24, 2.45) is 0 Å².